The van der Waals surface area contributed by atoms with E-state index in [-0.39, 0.29) is 11.6 Å². The molecule has 2 heterocycles. The molecule has 0 bridgehead atoms. The molecule has 4 nitrogen and oxygen atoms in total. The number of pyridine rings is 1. The van der Waals surface area contributed by atoms with Gasteiger partial charge in [0.2, 0.25) is 0 Å². The zero-order valence-electron chi connectivity index (χ0n) is 13.9. The van der Waals surface area contributed by atoms with Gasteiger partial charge in [-0.3, -0.25) is 4.40 Å². The quantitative estimate of drug-likeness (QED) is 0.418. The summed E-state index contributed by atoms with van der Waals surface area (Å²) >= 11 is 0. The van der Waals surface area contributed by atoms with Crippen LogP contribution in [-0.2, 0) is 0 Å². The lowest BCUT2D eigenvalue weighted by Gasteiger charge is -2.00. The Kier molecular flexibility index (Phi) is 4.01. The molecule has 0 radical (unpaired) electrons. The maximum Gasteiger partial charge on any atom is 0.187 e. The van der Waals surface area contributed by atoms with Gasteiger partial charge in [-0.25, -0.2) is 13.8 Å². The summed E-state index contributed by atoms with van der Waals surface area (Å²) in [5.41, 5.74) is 3.65. The number of imidazole rings is 1. The standard InChI is InChI=1S/C20H14F2N4/c1-13-10-11-26-18(12-13)23-19(14-2-4-15(21)5-3-14)20(26)25-24-17-8-6-16(22)7-9-17/h2-12H,1H3. The molecule has 0 amide bonds. The highest BCUT2D eigenvalue weighted by Crippen LogP contribution is 2.32. The maximum absolute atomic E-state index is 13.3. The van der Waals surface area contributed by atoms with Gasteiger partial charge in [0.15, 0.2) is 5.82 Å². The minimum Gasteiger partial charge on any atom is -0.283 e. The Morgan fingerprint density at radius 2 is 1.50 bits per heavy atom. The van der Waals surface area contributed by atoms with Gasteiger partial charge < -0.3 is 0 Å². The van der Waals surface area contributed by atoms with Crippen molar-refractivity contribution in [1.82, 2.24) is 9.38 Å². The van der Waals surface area contributed by atoms with Gasteiger partial charge in [0.1, 0.15) is 23.0 Å². The summed E-state index contributed by atoms with van der Waals surface area (Å²) in [6.07, 6.45) is 1.86. The Balaban J connectivity index is 1.86. The number of aryl methyl sites for hydroxylation is 1. The van der Waals surface area contributed by atoms with Crippen molar-refractivity contribution in [3.05, 3.63) is 84.1 Å². The molecule has 0 aliphatic heterocycles. The largest absolute Gasteiger partial charge is 0.283 e. The Morgan fingerprint density at radius 3 is 2.19 bits per heavy atom. The van der Waals surface area contributed by atoms with Crippen LogP contribution in [0.15, 0.2) is 77.1 Å². The number of hydrogen-bond acceptors (Lipinski definition) is 3. The lowest BCUT2D eigenvalue weighted by atomic mass is 10.1. The summed E-state index contributed by atoms with van der Waals surface area (Å²) in [6, 6.07) is 15.7. The maximum atomic E-state index is 13.3. The van der Waals surface area contributed by atoms with E-state index in [1.807, 2.05) is 29.7 Å². The predicted octanol–water partition coefficient (Wildman–Crippen LogP) is 6.00. The molecule has 0 N–H and O–H groups in total. The smallest absolute Gasteiger partial charge is 0.187 e. The molecule has 6 heteroatoms. The molecule has 26 heavy (non-hydrogen) atoms. The molecule has 2 aromatic carbocycles. The molecule has 2 aromatic heterocycles. The monoisotopic (exact) mass is 348 g/mol. The van der Waals surface area contributed by atoms with Gasteiger partial charge in [-0.2, -0.15) is 0 Å². The number of aromatic nitrogens is 2. The van der Waals surface area contributed by atoms with Crippen LogP contribution in [0, 0.1) is 18.6 Å². The number of nitrogens with zero attached hydrogens (tertiary/aromatic N) is 4. The Hall–Kier alpha value is -3.41. The van der Waals surface area contributed by atoms with E-state index in [0.717, 1.165) is 16.8 Å². The van der Waals surface area contributed by atoms with Crippen LogP contribution in [0.5, 0.6) is 0 Å². The average molecular weight is 348 g/mol. The summed E-state index contributed by atoms with van der Waals surface area (Å²) < 4.78 is 28.1. The number of azo groups is 1. The first-order chi connectivity index (χ1) is 12.6. The van der Waals surface area contributed by atoms with E-state index in [1.165, 1.54) is 24.3 Å². The van der Waals surface area contributed by atoms with Crippen LogP contribution in [-0.4, -0.2) is 9.38 Å². The molecule has 128 valence electrons. The van der Waals surface area contributed by atoms with Crippen molar-refractivity contribution in [2.75, 3.05) is 0 Å². The summed E-state index contributed by atoms with van der Waals surface area (Å²) in [5, 5.41) is 8.52. The second-order valence-electron chi connectivity index (χ2n) is 5.90. The summed E-state index contributed by atoms with van der Waals surface area (Å²) in [7, 11) is 0. The lowest BCUT2D eigenvalue weighted by molar-refractivity contribution is 0.627. The van der Waals surface area contributed by atoms with Crippen LogP contribution >= 0.6 is 0 Å². The molecule has 0 aliphatic rings. The van der Waals surface area contributed by atoms with Gasteiger partial charge in [0, 0.05) is 11.8 Å². The molecule has 0 atom stereocenters. The van der Waals surface area contributed by atoms with Crippen LogP contribution in [0.3, 0.4) is 0 Å². The lowest BCUT2D eigenvalue weighted by Crippen LogP contribution is -1.84. The van der Waals surface area contributed by atoms with Crippen molar-refractivity contribution in [3.8, 4) is 11.3 Å². The zero-order valence-corrected chi connectivity index (χ0v) is 13.9. The van der Waals surface area contributed by atoms with E-state index in [0.29, 0.717) is 17.2 Å². The van der Waals surface area contributed by atoms with E-state index in [2.05, 4.69) is 15.2 Å². The fraction of sp³-hybridized carbons (Fsp3) is 0.0500. The minimum absolute atomic E-state index is 0.317. The zero-order chi connectivity index (χ0) is 18.1. The molecular formula is C20H14F2N4. The van der Waals surface area contributed by atoms with E-state index < -0.39 is 0 Å². The van der Waals surface area contributed by atoms with E-state index >= 15 is 0 Å². The number of hydrogen-bond donors (Lipinski definition) is 0. The van der Waals surface area contributed by atoms with E-state index in [1.54, 1.807) is 24.3 Å². The van der Waals surface area contributed by atoms with Crippen LogP contribution in [0.1, 0.15) is 5.56 Å². The normalized spacial score (nSPS) is 11.5. The highest BCUT2D eigenvalue weighted by atomic mass is 19.1. The first-order valence-electron chi connectivity index (χ1n) is 8.02. The highest BCUT2D eigenvalue weighted by Gasteiger charge is 2.14. The summed E-state index contributed by atoms with van der Waals surface area (Å²) in [4.78, 5) is 4.63. The third-order valence-corrected chi connectivity index (χ3v) is 3.96. The van der Waals surface area contributed by atoms with Gasteiger partial charge in [0.25, 0.3) is 0 Å². The Bertz CT molecular complexity index is 1100. The molecule has 0 spiro atoms. The van der Waals surface area contributed by atoms with Crippen molar-refractivity contribution < 1.29 is 8.78 Å². The minimum atomic E-state index is -0.332. The number of fused-ring (bicyclic) bond motifs is 1. The second-order valence-corrected chi connectivity index (χ2v) is 5.90. The van der Waals surface area contributed by atoms with Crippen molar-refractivity contribution in [2.24, 2.45) is 10.2 Å². The van der Waals surface area contributed by atoms with Gasteiger partial charge in [-0.15, -0.1) is 10.2 Å². The molecule has 0 unspecified atom stereocenters. The molecular weight excluding hydrogens is 334 g/mol. The predicted molar refractivity (Wildman–Crippen MR) is 95.9 cm³/mol. The fourth-order valence-corrected chi connectivity index (χ4v) is 2.64. The molecule has 0 saturated heterocycles. The van der Waals surface area contributed by atoms with Crippen LogP contribution < -0.4 is 0 Å². The third-order valence-electron chi connectivity index (χ3n) is 3.96. The molecule has 0 aliphatic carbocycles. The van der Waals surface area contributed by atoms with Crippen LogP contribution in [0.4, 0.5) is 20.3 Å². The number of halogens is 2. The van der Waals surface area contributed by atoms with Crippen molar-refractivity contribution in [1.29, 1.82) is 0 Å². The van der Waals surface area contributed by atoms with Crippen molar-refractivity contribution >= 4 is 17.2 Å². The fourth-order valence-electron chi connectivity index (χ4n) is 2.64. The SMILES string of the molecule is Cc1ccn2c(N=Nc3ccc(F)cc3)c(-c3ccc(F)cc3)nc2c1. The van der Waals surface area contributed by atoms with Gasteiger partial charge >= 0.3 is 0 Å². The average Bonchev–Trinajstić information content (AvgIpc) is 2.99. The van der Waals surface area contributed by atoms with Crippen LogP contribution in [0.2, 0.25) is 0 Å². The summed E-state index contributed by atoms with van der Waals surface area (Å²) in [5.74, 6) is -0.125. The summed E-state index contributed by atoms with van der Waals surface area (Å²) in [6.45, 7) is 1.98. The topological polar surface area (TPSA) is 42.0 Å². The molecule has 0 fully saturated rings. The number of benzene rings is 2. The van der Waals surface area contributed by atoms with Crippen LogP contribution in [0.25, 0.3) is 16.9 Å². The van der Waals surface area contributed by atoms with Gasteiger partial charge in [-0.05, 0) is 73.2 Å². The van der Waals surface area contributed by atoms with Crippen molar-refractivity contribution in [3.63, 3.8) is 0 Å². The van der Waals surface area contributed by atoms with E-state index in [4.69, 9.17) is 0 Å². The first-order valence-corrected chi connectivity index (χ1v) is 8.02. The van der Waals surface area contributed by atoms with Crippen molar-refractivity contribution in [2.45, 2.75) is 6.92 Å². The second kappa shape index (κ2) is 6.48. The highest BCUT2D eigenvalue weighted by molar-refractivity contribution is 5.74. The first kappa shape index (κ1) is 16.1. The third kappa shape index (κ3) is 3.09. The van der Waals surface area contributed by atoms with E-state index in [9.17, 15) is 8.78 Å². The van der Waals surface area contributed by atoms with Gasteiger partial charge in [0.05, 0.1) is 5.69 Å². The Labute approximate surface area is 148 Å². The van der Waals surface area contributed by atoms with Gasteiger partial charge in [-0.1, -0.05) is 0 Å². The molecule has 0 saturated carbocycles. The number of rotatable bonds is 3. The molecule has 4 rings (SSSR count). The molecule has 4 aromatic rings. The Morgan fingerprint density at radius 1 is 0.846 bits per heavy atom.